The zero-order valence-corrected chi connectivity index (χ0v) is 20.4. The van der Waals surface area contributed by atoms with Crippen molar-refractivity contribution in [3.05, 3.63) is 48.0 Å². The molecular weight excluding hydrogens is 478 g/mol. The molecule has 34 heavy (non-hydrogen) atoms. The van der Waals surface area contributed by atoms with Crippen LogP contribution in [0, 0.1) is 5.92 Å². The van der Waals surface area contributed by atoms with Gasteiger partial charge in [0.25, 0.3) is 0 Å². The van der Waals surface area contributed by atoms with Gasteiger partial charge < -0.3 is 14.8 Å². The molecule has 2 aromatic carbocycles. The highest BCUT2D eigenvalue weighted by atomic mass is 32.2. The zero-order chi connectivity index (χ0) is 24.3. The van der Waals surface area contributed by atoms with E-state index >= 15 is 0 Å². The molecular formula is C23H25N3O6S2. The van der Waals surface area contributed by atoms with E-state index in [-0.39, 0.29) is 24.0 Å². The number of hydrogen-bond donors (Lipinski definition) is 1. The maximum atomic E-state index is 13.1. The summed E-state index contributed by atoms with van der Waals surface area (Å²) in [5, 5.41) is 3.22. The van der Waals surface area contributed by atoms with Crippen LogP contribution in [0.3, 0.4) is 0 Å². The number of aromatic nitrogens is 1. The minimum atomic E-state index is -3.72. The van der Waals surface area contributed by atoms with E-state index in [9.17, 15) is 18.0 Å². The maximum absolute atomic E-state index is 13.1. The Morgan fingerprint density at radius 1 is 1.21 bits per heavy atom. The van der Waals surface area contributed by atoms with Crippen LogP contribution in [0.1, 0.15) is 30.1 Å². The van der Waals surface area contributed by atoms with E-state index in [2.05, 4.69) is 10.3 Å². The molecule has 1 amide bonds. The van der Waals surface area contributed by atoms with Gasteiger partial charge in [0.05, 0.1) is 40.3 Å². The molecule has 1 N–H and O–H groups in total. The van der Waals surface area contributed by atoms with Gasteiger partial charge in [0.15, 0.2) is 5.13 Å². The molecule has 3 aromatic rings. The number of hydrogen-bond acceptors (Lipinski definition) is 8. The number of ether oxygens (including phenoxy) is 2. The van der Waals surface area contributed by atoms with Crippen LogP contribution in [-0.2, 0) is 19.6 Å². The van der Waals surface area contributed by atoms with Gasteiger partial charge in [-0.15, -0.1) is 0 Å². The fourth-order valence-electron chi connectivity index (χ4n) is 3.80. The molecule has 1 fully saturated rings. The van der Waals surface area contributed by atoms with E-state index < -0.39 is 21.9 Å². The summed E-state index contributed by atoms with van der Waals surface area (Å²) in [4.78, 5) is 29.5. The van der Waals surface area contributed by atoms with Crippen LogP contribution >= 0.6 is 11.3 Å². The summed E-state index contributed by atoms with van der Waals surface area (Å²) in [6.45, 7) is 2.48. The second-order valence-electron chi connectivity index (χ2n) is 7.79. The van der Waals surface area contributed by atoms with Crippen molar-refractivity contribution in [3.8, 4) is 5.75 Å². The predicted octanol–water partition coefficient (Wildman–Crippen LogP) is 3.52. The Hall–Kier alpha value is -3.02. The Labute approximate surface area is 201 Å². The summed E-state index contributed by atoms with van der Waals surface area (Å²) >= 11 is 1.25. The van der Waals surface area contributed by atoms with Crippen molar-refractivity contribution < 1.29 is 27.5 Å². The molecule has 1 aliphatic heterocycles. The molecule has 0 bridgehead atoms. The second kappa shape index (κ2) is 10.1. The highest BCUT2D eigenvalue weighted by Crippen LogP contribution is 2.29. The van der Waals surface area contributed by atoms with Gasteiger partial charge in [-0.1, -0.05) is 11.3 Å². The lowest BCUT2D eigenvalue weighted by molar-refractivity contribution is -0.120. The van der Waals surface area contributed by atoms with Crippen LogP contribution in [0.5, 0.6) is 5.75 Å². The van der Waals surface area contributed by atoms with Gasteiger partial charge in [-0.25, -0.2) is 18.2 Å². The Morgan fingerprint density at radius 3 is 2.68 bits per heavy atom. The third-order valence-electron chi connectivity index (χ3n) is 5.58. The van der Waals surface area contributed by atoms with E-state index in [1.54, 1.807) is 37.3 Å². The van der Waals surface area contributed by atoms with Gasteiger partial charge >= 0.3 is 5.97 Å². The van der Waals surface area contributed by atoms with E-state index in [0.29, 0.717) is 41.3 Å². The van der Waals surface area contributed by atoms with Gasteiger partial charge in [0.1, 0.15) is 5.75 Å². The molecule has 1 saturated heterocycles. The largest absolute Gasteiger partial charge is 0.497 e. The van der Waals surface area contributed by atoms with Crippen molar-refractivity contribution in [1.82, 2.24) is 9.29 Å². The van der Waals surface area contributed by atoms with Crippen LogP contribution < -0.4 is 10.1 Å². The number of carbonyl (C=O) groups is 2. The molecule has 180 valence electrons. The smallest absolute Gasteiger partial charge is 0.338 e. The first-order chi connectivity index (χ1) is 16.3. The normalized spacial score (nSPS) is 16.8. The van der Waals surface area contributed by atoms with Gasteiger partial charge in [-0.2, -0.15) is 4.31 Å². The second-order valence-corrected chi connectivity index (χ2v) is 10.8. The summed E-state index contributed by atoms with van der Waals surface area (Å²) in [6, 6.07) is 11.2. The molecule has 1 atom stereocenters. The molecule has 0 aliphatic carbocycles. The lowest BCUT2D eigenvalue weighted by atomic mass is 9.99. The number of carbonyl (C=O) groups excluding carboxylic acids is 2. The number of methoxy groups -OCH3 is 1. The maximum Gasteiger partial charge on any atom is 0.338 e. The zero-order valence-electron chi connectivity index (χ0n) is 18.8. The number of esters is 1. The summed E-state index contributed by atoms with van der Waals surface area (Å²) < 4.78 is 38.4. The lowest BCUT2D eigenvalue weighted by Gasteiger charge is -2.31. The first-order valence-corrected chi connectivity index (χ1v) is 13.1. The SMILES string of the molecule is CCOC(=O)c1ccc2nc(NC(=O)C3CCCN(S(=O)(=O)c4ccc(OC)cc4)C3)sc2c1. The fourth-order valence-corrected chi connectivity index (χ4v) is 6.23. The van der Waals surface area contributed by atoms with Crippen molar-refractivity contribution >= 4 is 48.6 Å². The Kier molecular flexibility index (Phi) is 7.15. The van der Waals surface area contributed by atoms with E-state index in [0.717, 1.165) is 4.70 Å². The monoisotopic (exact) mass is 503 g/mol. The Bertz CT molecular complexity index is 1300. The summed E-state index contributed by atoms with van der Waals surface area (Å²) in [5.74, 6) is -0.619. The average Bonchev–Trinajstić information content (AvgIpc) is 3.25. The van der Waals surface area contributed by atoms with Crippen molar-refractivity contribution in [2.45, 2.75) is 24.7 Å². The first kappa shape index (κ1) is 24.1. The first-order valence-electron chi connectivity index (χ1n) is 10.8. The molecule has 0 saturated carbocycles. The number of nitrogens with zero attached hydrogens (tertiary/aromatic N) is 2. The summed E-state index contributed by atoms with van der Waals surface area (Å²) in [6.07, 6.45) is 1.16. The number of nitrogens with one attached hydrogen (secondary N) is 1. The van der Waals surface area contributed by atoms with Crippen LogP contribution in [0.15, 0.2) is 47.4 Å². The topological polar surface area (TPSA) is 115 Å². The number of anilines is 1. The van der Waals surface area contributed by atoms with Gasteiger partial charge in [-0.3, -0.25) is 4.79 Å². The lowest BCUT2D eigenvalue weighted by Crippen LogP contribution is -2.43. The van der Waals surface area contributed by atoms with Crippen molar-refractivity contribution in [3.63, 3.8) is 0 Å². The van der Waals surface area contributed by atoms with Gasteiger partial charge in [0.2, 0.25) is 15.9 Å². The third-order valence-corrected chi connectivity index (χ3v) is 8.39. The summed E-state index contributed by atoms with van der Waals surface area (Å²) in [5.41, 5.74) is 1.07. The molecule has 2 heterocycles. The molecule has 11 heteroatoms. The predicted molar refractivity (Wildman–Crippen MR) is 129 cm³/mol. The molecule has 1 aliphatic rings. The number of fused-ring (bicyclic) bond motifs is 1. The molecule has 9 nitrogen and oxygen atoms in total. The minimum absolute atomic E-state index is 0.0953. The van der Waals surface area contributed by atoms with Crippen LogP contribution in [0.2, 0.25) is 0 Å². The van der Waals surface area contributed by atoms with E-state index in [1.807, 2.05) is 0 Å². The standard InChI is InChI=1S/C23H25N3O6S2/c1-3-32-22(28)15-6-11-19-20(13-15)33-23(24-19)25-21(27)16-5-4-12-26(14-16)34(29,30)18-9-7-17(31-2)8-10-18/h6-11,13,16H,3-5,12,14H2,1-2H3,(H,24,25,27). The van der Waals surface area contributed by atoms with Crippen molar-refractivity contribution in [1.29, 1.82) is 0 Å². The van der Waals surface area contributed by atoms with E-state index in [4.69, 9.17) is 9.47 Å². The molecule has 4 rings (SSSR count). The number of sulfonamides is 1. The molecule has 0 spiro atoms. The van der Waals surface area contributed by atoms with Crippen molar-refractivity contribution in [2.24, 2.45) is 5.92 Å². The Morgan fingerprint density at radius 2 is 1.97 bits per heavy atom. The van der Waals surface area contributed by atoms with Crippen LogP contribution in [0.25, 0.3) is 10.2 Å². The highest BCUT2D eigenvalue weighted by Gasteiger charge is 2.33. The van der Waals surface area contributed by atoms with Crippen molar-refractivity contribution in [2.75, 3.05) is 32.1 Å². The molecule has 1 aromatic heterocycles. The number of rotatable bonds is 7. The van der Waals surface area contributed by atoms with Gasteiger partial charge in [0, 0.05) is 13.1 Å². The van der Waals surface area contributed by atoms with Crippen LogP contribution in [-0.4, -0.2) is 56.4 Å². The summed E-state index contributed by atoms with van der Waals surface area (Å²) in [7, 11) is -2.21. The number of amides is 1. The number of thiazole rings is 1. The average molecular weight is 504 g/mol. The third kappa shape index (κ3) is 5.06. The minimum Gasteiger partial charge on any atom is -0.497 e. The number of benzene rings is 2. The quantitative estimate of drug-likeness (QED) is 0.491. The molecule has 1 unspecified atom stereocenters. The van der Waals surface area contributed by atoms with Gasteiger partial charge in [-0.05, 0) is 62.2 Å². The molecule has 0 radical (unpaired) electrons. The fraction of sp³-hybridized carbons (Fsp3) is 0.348. The highest BCUT2D eigenvalue weighted by molar-refractivity contribution is 7.89. The van der Waals surface area contributed by atoms with Crippen LogP contribution in [0.4, 0.5) is 5.13 Å². The Balaban J connectivity index is 1.45. The van der Waals surface area contributed by atoms with E-state index in [1.165, 1.54) is 34.9 Å². The number of piperidine rings is 1.